The van der Waals surface area contributed by atoms with Crippen molar-refractivity contribution in [1.82, 2.24) is 4.73 Å². The number of nitrogens with zero attached hydrogens (tertiary/aromatic N) is 2. The summed E-state index contributed by atoms with van der Waals surface area (Å²) in [5, 5.41) is 17.8. The van der Waals surface area contributed by atoms with Gasteiger partial charge in [0.25, 0.3) is 0 Å². The van der Waals surface area contributed by atoms with Gasteiger partial charge in [0.2, 0.25) is 5.91 Å². The number of carboxylic acids is 1. The molecular formula is C8H8N2O4. The topological polar surface area (TPSA) is 91.9 Å². The van der Waals surface area contributed by atoms with Gasteiger partial charge in [-0.2, -0.15) is 9.72 Å². The van der Waals surface area contributed by atoms with E-state index in [-0.39, 0.29) is 11.1 Å². The summed E-state index contributed by atoms with van der Waals surface area (Å²) < 4.78 is 0.577. The smallest absolute Gasteiger partial charge is 0.335 e. The van der Waals surface area contributed by atoms with Crippen molar-refractivity contribution >= 4 is 11.9 Å². The monoisotopic (exact) mass is 196 g/mol. The third-order valence-corrected chi connectivity index (χ3v) is 1.43. The number of amides is 1. The first-order valence-electron chi connectivity index (χ1n) is 3.71. The van der Waals surface area contributed by atoms with Crippen LogP contribution in [0, 0.1) is 0 Å². The van der Waals surface area contributed by atoms with Crippen LogP contribution < -0.4 is 5.49 Å². The fraction of sp³-hybridized carbons (Fsp3) is 0.125. The van der Waals surface area contributed by atoms with E-state index in [1.54, 1.807) is 0 Å². The number of carbonyl (C=O) groups excluding carboxylic acids is 1. The lowest BCUT2D eigenvalue weighted by Crippen LogP contribution is -2.21. The van der Waals surface area contributed by atoms with Crippen molar-refractivity contribution in [3.05, 3.63) is 29.4 Å². The number of pyridine rings is 1. The molecule has 74 valence electrons. The zero-order valence-electron chi connectivity index (χ0n) is 7.34. The van der Waals surface area contributed by atoms with E-state index < -0.39 is 11.9 Å². The number of rotatable bonds is 1. The van der Waals surface area contributed by atoms with Gasteiger partial charge < -0.3 is 10.3 Å². The maximum absolute atomic E-state index is 10.6. The molecule has 0 aliphatic heterocycles. The Balaban J connectivity index is 3.36. The van der Waals surface area contributed by atoms with Gasteiger partial charge in [-0.1, -0.05) is 0 Å². The summed E-state index contributed by atoms with van der Waals surface area (Å²) in [6, 6.07) is 2.30. The normalized spacial score (nSPS) is 11.4. The molecule has 1 heterocycles. The van der Waals surface area contributed by atoms with Gasteiger partial charge in [0.1, 0.15) is 0 Å². The summed E-state index contributed by atoms with van der Waals surface area (Å²) in [7, 11) is 0. The maximum atomic E-state index is 10.6. The fourth-order valence-electron chi connectivity index (χ4n) is 0.858. The van der Waals surface area contributed by atoms with E-state index in [9.17, 15) is 9.59 Å². The standard InChI is InChI=1S/C8H8N2O4/c1-5(11)9-7-4-6(8(12)13)2-3-10(7)14/h2-4,14H,1H3,(H,12,13). The molecule has 1 aromatic heterocycles. The molecule has 1 aromatic rings. The van der Waals surface area contributed by atoms with E-state index in [2.05, 4.69) is 4.99 Å². The van der Waals surface area contributed by atoms with Gasteiger partial charge in [0.15, 0.2) is 5.49 Å². The molecule has 0 atom stereocenters. The molecule has 0 aliphatic rings. The highest BCUT2D eigenvalue weighted by atomic mass is 16.5. The minimum atomic E-state index is -1.15. The van der Waals surface area contributed by atoms with Gasteiger partial charge in [-0.15, -0.1) is 0 Å². The first kappa shape index (κ1) is 9.97. The van der Waals surface area contributed by atoms with Gasteiger partial charge >= 0.3 is 5.97 Å². The predicted octanol–water partition coefficient (Wildman–Crippen LogP) is -0.129. The summed E-state index contributed by atoms with van der Waals surface area (Å²) >= 11 is 0. The Labute approximate surface area is 78.7 Å². The fourth-order valence-corrected chi connectivity index (χ4v) is 0.858. The predicted molar refractivity (Wildman–Crippen MR) is 44.8 cm³/mol. The molecule has 0 radical (unpaired) electrons. The molecule has 0 unspecified atom stereocenters. The van der Waals surface area contributed by atoms with Crippen LogP contribution in [0.15, 0.2) is 23.3 Å². The largest absolute Gasteiger partial charge is 0.478 e. The Bertz CT molecular complexity index is 447. The molecule has 0 spiro atoms. The van der Waals surface area contributed by atoms with Crippen LogP contribution in [-0.4, -0.2) is 26.9 Å². The third-order valence-electron chi connectivity index (χ3n) is 1.43. The quantitative estimate of drug-likeness (QED) is 0.612. The molecule has 1 rings (SSSR count). The van der Waals surface area contributed by atoms with Crippen molar-refractivity contribution in [2.24, 2.45) is 4.99 Å². The molecule has 1 amide bonds. The summed E-state index contributed by atoms with van der Waals surface area (Å²) in [5.74, 6) is -1.67. The van der Waals surface area contributed by atoms with Crippen LogP contribution in [-0.2, 0) is 4.79 Å². The van der Waals surface area contributed by atoms with E-state index >= 15 is 0 Å². The average molecular weight is 196 g/mol. The molecule has 6 nitrogen and oxygen atoms in total. The van der Waals surface area contributed by atoms with Gasteiger partial charge in [-0.3, -0.25) is 4.79 Å². The average Bonchev–Trinajstić information content (AvgIpc) is 2.07. The van der Waals surface area contributed by atoms with Crippen molar-refractivity contribution in [3.63, 3.8) is 0 Å². The van der Waals surface area contributed by atoms with Crippen LogP contribution >= 0.6 is 0 Å². The third kappa shape index (κ3) is 2.19. The van der Waals surface area contributed by atoms with Crippen molar-refractivity contribution in [2.75, 3.05) is 0 Å². The second kappa shape index (κ2) is 3.73. The summed E-state index contributed by atoms with van der Waals surface area (Å²) in [6.07, 6.45) is 1.10. The highest BCUT2D eigenvalue weighted by Gasteiger charge is 2.03. The van der Waals surface area contributed by atoms with Crippen LogP contribution in [0.3, 0.4) is 0 Å². The zero-order valence-corrected chi connectivity index (χ0v) is 7.34. The minimum Gasteiger partial charge on any atom is -0.478 e. The number of carboxylic acid groups (broad SMARTS) is 1. The van der Waals surface area contributed by atoms with Crippen molar-refractivity contribution in [2.45, 2.75) is 6.92 Å². The highest BCUT2D eigenvalue weighted by Crippen LogP contribution is 1.92. The van der Waals surface area contributed by atoms with Gasteiger partial charge in [0.05, 0.1) is 5.56 Å². The Morgan fingerprint density at radius 2 is 2.14 bits per heavy atom. The lowest BCUT2D eigenvalue weighted by molar-refractivity contribution is -0.116. The van der Waals surface area contributed by atoms with E-state index in [0.29, 0.717) is 4.73 Å². The Kier molecular flexibility index (Phi) is 2.66. The second-order valence-corrected chi connectivity index (χ2v) is 2.55. The number of hydrogen-bond acceptors (Lipinski definition) is 3. The molecule has 0 fully saturated rings. The number of hydrogen-bond donors (Lipinski definition) is 2. The summed E-state index contributed by atoms with van der Waals surface area (Å²) in [5.41, 5.74) is -0.160. The first-order valence-corrected chi connectivity index (χ1v) is 3.71. The lowest BCUT2D eigenvalue weighted by Gasteiger charge is -1.98. The Morgan fingerprint density at radius 1 is 1.50 bits per heavy atom. The van der Waals surface area contributed by atoms with E-state index in [0.717, 1.165) is 12.3 Å². The highest BCUT2D eigenvalue weighted by molar-refractivity contribution is 5.87. The molecule has 0 saturated heterocycles. The molecular weight excluding hydrogens is 188 g/mol. The van der Waals surface area contributed by atoms with Crippen molar-refractivity contribution < 1.29 is 19.9 Å². The number of aromatic carboxylic acids is 1. The Hall–Kier alpha value is -2.11. The second-order valence-electron chi connectivity index (χ2n) is 2.55. The SMILES string of the molecule is CC(=O)N=c1cc(C(=O)O)ccn1O. The lowest BCUT2D eigenvalue weighted by atomic mass is 10.3. The molecule has 6 heteroatoms. The van der Waals surface area contributed by atoms with E-state index in [1.165, 1.54) is 13.0 Å². The van der Waals surface area contributed by atoms with Gasteiger partial charge in [0, 0.05) is 13.1 Å². The summed E-state index contributed by atoms with van der Waals surface area (Å²) in [6.45, 7) is 1.20. The number of carbonyl (C=O) groups is 2. The van der Waals surface area contributed by atoms with Crippen LogP contribution in [0.4, 0.5) is 0 Å². The summed E-state index contributed by atoms with van der Waals surface area (Å²) in [4.78, 5) is 24.6. The molecule has 0 saturated carbocycles. The van der Waals surface area contributed by atoms with E-state index in [1.807, 2.05) is 0 Å². The zero-order chi connectivity index (χ0) is 10.7. The minimum absolute atomic E-state index is 0.0460. The van der Waals surface area contributed by atoms with Crippen molar-refractivity contribution in [3.8, 4) is 0 Å². The van der Waals surface area contributed by atoms with Crippen LogP contribution in [0.2, 0.25) is 0 Å². The maximum Gasteiger partial charge on any atom is 0.335 e. The molecule has 0 aromatic carbocycles. The van der Waals surface area contributed by atoms with Crippen LogP contribution in [0.5, 0.6) is 0 Å². The molecule has 2 N–H and O–H groups in total. The van der Waals surface area contributed by atoms with Gasteiger partial charge in [-0.25, -0.2) is 4.79 Å². The van der Waals surface area contributed by atoms with Crippen LogP contribution in [0.25, 0.3) is 0 Å². The number of aromatic nitrogens is 1. The Morgan fingerprint density at radius 3 is 2.64 bits per heavy atom. The molecule has 0 bridgehead atoms. The first-order chi connectivity index (χ1) is 6.50. The molecule has 0 aliphatic carbocycles. The van der Waals surface area contributed by atoms with E-state index in [4.69, 9.17) is 10.3 Å². The molecule has 14 heavy (non-hydrogen) atoms. The van der Waals surface area contributed by atoms with Crippen molar-refractivity contribution in [1.29, 1.82) is 0 Å². The van der Waals surface area contributed by atoms with Crippen LogP contribution in [0.1, 0.15) is 17.3 Å². The van der Waals surface area contributed by atoms with Gasteiger partial charge in [-0.05, 0) is 12.1 Å².